The van der Waals surface area contributed by atoms with E-state index in [0.29, 0.717) is 30.8 Å². The fraction of sp³-hybridized carbons (Fsp3) is 0.263. The van der Waals surface area contributed by atoms with Gasteiger partial charge in [-0.3, -0.25) is 9.59 Å². The number of rotatable bonds is 7. The molecule has 10 heteroatoms. The van der Waals surface area contributed by atoms with Crippen molar-refractivity contribution in [1.29, 1.82) is 0 Å². The van der Waals surface area contributed by atoms with Crippen molar-refractivity contribution in [3.8, 4) is 5.75 Å². The Morgan fingerprint density at radius 3 is 2.52 bits per heavy atom. The number of carbonyl (C=O) groups is 2. The molecular weight excluding hydrogens is 420 g/mol. The predicted octanol–water partition coefficient (Wildman–Crippen LogP) is 2.19. The minimum atomic E-state index is -3.72. The zero-order valence-electron chi connectivity index (χ0n) is 15.3. The van der Waals surface area contributed by atoms with Crippen LogP contribution in [0.15, 0.2) is 47.4 Å². The molecule has 1 heterocycles. The van der Waals surface area contributed by atoms with Crippen molar-refractivity contribution < 1.29 is 27.5 Å². The van der Waals surface area contributed by atoms with Gasteiger partial charge in [-0.15, -0.1) is 0 Å². The van der Waals surface area contributed by atoms with Gasteiger partial charge in [0.2, 0.25) is 10.0 Å². The van der Waals surface area contributed by atoms with Gasteiger partial charge in [-0.1, -0.05) is 11.6 Å². The van der Waals surface area contributed by atoms with Crippen LogP contribution in [0, 0.1) is 0 Å². The summed E-state index contributed by atoms with van der Waals surface area (Å²) in [4.78, 5) is 22.9. The molecule has 0 atom stereocenters. The number of amides is 1. The molecule has 0 radical (unpaired) electrons. The van der Waals surface area contributed by atoms with Crippen LogP contribution < -0.4 is 10.1 Å². The number of anilines is 1. The first kappa shape index (κ1) is 21.3. The van der Waals surface area contributed by atoms with Gasteiger partial charge in [0.15, 0.2) is 6.61 Å². The zero-order valence-corrected chi connectivity index (χ0v) is 16.9. The smallest absolute Gasteiger partial charge is 0.262 e. The first-order chi connectivity index (χ1) is 13.9. The van der Waals surface area contributed by atoms with Gasteiger partial charge in [-0.05, 0) is 42.5 Å². The fourth-order valence-electron chi connectivity index (χ4n) is 2.67. The monoisotopic (exact) mass is 438 g/mol. The van der Waals surface area contributed by atoms with Crippen molar-refractivity contribution in [3.63, 3.8) is 0 Å². The molecule has 0 aromatic heterocycles. The Morgan fingerprint density at radius 1 is 1.17 bits per heavy atom. The van der Waals surface area contributed by atoms with E-state index in [-0.39, 0.29) is 35.3 Å². The molecule has 8 nitrogen and oxygen atoms in total. The van der Waals surface area contributed by atoms with Gasteiger partial charge in [0, 0.05) is 18.7 Å². The van der Waals surface area contributed by atoms with Crippen LogP contribution in [0.3, 0.4) is 0 Å². The number of morpholine rings is 1. The quantitative estimate of drug-likeness (QED) is 0.665. The first-order valence-electron chi connectivity index (χ1n) is 8.75. The highest BCUT2D eigenvalue weighted by Crippen LogP contribution is 2.27. The van der Waals surface area contributed by atoms with Gasteiger partial charge in [0.25, 0.3) is 5.91 Å². The maximum atomic E-state index is 12.8. The molecule has 0 unspecified atom stereocenters. The summed E-state index contributed by atoms with van der Waals surface area (Å²) >= 11 is 6.11. The summed E-state index contributed by atoms with van der Waals surface area (Å²) in [5, 5.41) is 2.76. The number of nitrogens with one attached hydrogen (secondary N) is 1. The molecule has 2 aromatic rings. The maximum absolute atomic E-state index is 12.8. The van der Waals surface area contributed by atoms with Crippen LogP contribution in [0.2, 0.25) is 5.02 Å². The molecular formula is C19H19ClN2O6S. The minimum Gasteiger partial charge on any atom is -0.484 e. The van der Waals surface area contributed by atoms with E-state index in [2.05, 4.69) is 5.32 Å². The third-order valence-electron chi connectivity index (χ3n) is 4.21. The lowest BCUT2D eigenvalue weighted by Gasteiger charge is -2.26. The third-order valence-corrected chi connectivity index (χ3v) is 6.43. The Bertz CT molecular complexity index is 988. The second-order valence-corrected chi connectivity index (χ2v) is 8.53. The summed E-state index contributed by atoms with van der Waals surface area (Å²) in [6, 6.07) is 10.4. The van der Waals surface area contributed by atoms with Crippen molar-refractivity contribution in [1.82, 2.24) is 4.31 Å². The molecule has 0 saturated carbocycles. The van der Waals surface area contributed by atoms with E-state index >= 15 is 0 Å². The molecule has 1 N–H and O–H groups in total. The van der Waals surface area contributed by atoms with Crippen LogP contribution in [-0.4, -0.2) is 57.8 Å². The Kier molecular flexibility index (Phi) is 6.86. The summed E-state index contributed by atoms with van der Waals surface area (Å²) in [6.45, 7) is 0.896. The van der Waals surface area contributed by atoms with Gasteiger partial charge in [-0.25, -0.2) is 8.42 Å². The minimum absolute atomic E-state index is 0.0319. The van der Waals surface area contributed by atoms with Crippen molar-refractivity contribution in [3.05, 3.63) is 53.1 Å². The summed E-state index contributed by atoms with van der Waals surface area (Å²) in [5.41, 5.74) is 0.665. The zero-order chi connectivity index (χ0) is 20.9. The van der Waals surface area contributed by atoms with Gasteiger partial charge in [0.1, 0.15) is 12.0 Å². The summed E-state index contributed by atoms with van der Waals surface area (Å²) in [6.07, 6.45) is 0.705. The highest BCUT2D eigenvalue weighted by atomic mass is 35.5. The molecule has 29 heavy (non-hydrogen) atoms. The topological polar surface area (TPSA) is 102 Å². The predicted molar refractivity (Wildman–Crippen MR) is 107 cm³/mol. The van der Waals surface area contributed by atoms with Crippen LogP contribution in [0.4, 0.5) is 5.69 Å². The van der Waals surface area contributed by atoms with E-state index in [1.165, 1.54) is 22.5 Å². The van der Waals surface area contributed by atoms with E-state index in [1.54, 1.807) is 24.3 Å². The number of hydrogen-bond acceptors (Lipinski definition) is 6. The molecule has 0 bridgehead atoms. The van der Waals surface area contributed by atoms with E-state index in [1.807, 2.05) is 0 Å². The second-order valence-electron chi connectivity index (χ2n) is 6.18. The molecule has 0 spiro atoms. The molecule has 154 valence electrons. The number of nitrogens with zero attached hydrogens (tertiary/aromatic N) is 1. The molecule has 1 aliphatic rings. The van der Waals surface area contributed by atoms with Crippen LogP contribution in [-0.2, 0) is 19.6 Å². The van der Waals surface area contributed by atoms with Crippen LogP contribution in [0.25, 0.3) is 0 Å². The Labute approximate surface area is 173 Å². The van der Waals surface area contributed by atoms with Crippen LogP contribution in [0.1, 0.15) is 10.4 Å². The van der Waals surface area contributed by atoms with Gasteiger partial charge in [-0.2, -0.15) is 4.31 Å². The number of ether oxygens (including phenoxy) is 2. The van der Waals surface area contributed by atoms with E-state index in [4.69, 9.17) is 21.1 Å². The molecule has 0 aliphatic carbocycles. The maximum Gasteiger partial charge on any atom is 0.262 e. The average Bonchev–Trinajstić information content (AvgIpc) is 2.74. The number of aldehydes is 1. The standard InChI is InChI=1S/C19H19ClN2O6S/c20-17-6-5-16(29(25,26)22-7-9-27-10-8-22)11-18(17)21-19(24)13-28-15-3-1-14(12-23)2-4-15/h1-6,11-12H,7-10,13H2,(H,21,24). The van der Waals surface area contributed by atoms with Gasteiger partial charge < -0.3 is 14.8 Å². The van der Waals surface area contributed by atoms with Crippen molar-refractivity contribution in [2.24, 2.45) is 0 Å². The number of halogens is 1. The molecule has 1 aliphatic heterocycles. The molecule has 1 saturated heterocycles. The SMILES string of the molecule is O=Cc1ccc(OCC(=O)Nc2cc(S(=O)(=O)N3CCOCC3)ccc2Cl)cc1. The number of benzene rings is 2. The van der Waals surface area contributed by atoms with Gasteiger partial charge in [0.05, 0.1) is 28.8 Å². The lowest BCUT2D eigenvalue weighted by atomic mass is 10.2. The van der Waals surface area contributed by atoms with Crippen LogP contribution >= 0.6 is 11.6 Å². The molecule has 1 amide bonds. The van der Waals surface area contributed by atoms with Crippen molar-refractivity contribution >= 4 is 39.5 Å². The highest BCUT2D eigenvalue weighted by Gasteiger charge is 2.27. The van der Waals surface area contributed by atoms with E-state index in [9.17, 15) is 18.0 Å². The Balaban J connectivity index is 1.67. The van der Waals surface area contributed by atoms with E-state index < -0.39 is 15.9 Å². The van der Waals surface area contributed by atoms with E-state index in [0.717, 1.165) is 0 Å². The molecule has 2 aromatic carbocycles. The molecule has 3 rings (SSSR count). The van der Waals surface area contributed by atoms with Crippen LogP contribution in [0.5, 0.6) is 5.75 Å². The number of carbonyl (C=O) groups excluding carboxylic acids is 2. The largest absolute Gasteiger partial charge is 0.484 e. The third kappa shape index (κ3) is 5.33. The summed E-state index contributed by atoms with van der Waals surface area (Å²) in [7, 11) is -3.72. The highest BCUT2D eigenvalue weighted by molar-refractivity contribution is 7.89. The number of hydrogen-bond donors (Lipinski definition) is 1. The average molecular weight is 439 g/mol. The summed E-state index contributed by atoms with van der Waals surface area (Å²) in [5.74, 6) is -0.0900. The Hall–Kier alpha value is -2.46. The first-order valence-corrected chi connectivity index (χ1v) is 10.6. The lowest BCUT2D eigenvalue weighted by Crippen LogP contribution is -2.40. The summed E-state index contributed by atoms with van der Waals surface area (Å²) < 4.78 is 37.4. The fourth-order valence-corrected chi connectivity index (χ4v) is 4.27. The Morgan fingerprint density at radius 2 is 1.86 bits per heavy atom. The normalized spacial score (nSPS) is 14.9. The number of sulfonamides is 1. The second kappa shape index (κ2) is 9.36. The van der Waals surface area contributed by atoms with Crippen molar-refractivity contribution in [2.75, 3.05) is 38.2 Å². The lowest BCUT2D eigenvalue weighted by molar-refractivity contribution is -0.118. The molecule has 1 fully saturated rings. The van der Waals surface area contributed by atoms with Gasteiger partial charge >= 0.3 is 0 Å². The van der Waals surface area contributed by atoms with Crippen molar-refractivity contribution in [2.45, 2.75) is 4.90 Å².